The third kappa shape index (κ3) is 4.73. The topological polar surface area (TPSA) is 49.9 Å². The molecule has 6 heteroatoms. The fraction of sp³-hybridized carbons (Fsp3) is 0.455. The van der Waals surface area contributed by atoms with Crippen molar-refractivity contribution in [2.75, 3.05) is 26.2 Å². The van der Waals surface area contributed by atoms with Crippen LogP contribution in [0.4, 0.5) is 0 Å². The Balaban J connectivity index is 1.75. The van der Waals surface area contributed by atoms with Gasteiger partial charge in [0.05, 0.1) is 12.6 Å². The Hall–Kier alpha value is -2.34. The molecule has 0 fully saturated rings. The highest BCUT2D eigenvalue weighted by molar-refractivity contribution is 7.10. The second kappa shape index (κ2) is 9.24. The number of thiophene rings is 1. The molecule has 1 aromatic carbocycles. The first kappa shape index (κ1) is 20.4. The van der Waals surface area contributed by atoms with Crippen LogP contribution in [0, 0.1) is 6.92 Å². The van der Waals surface area contributed by atoms with Crippen molar-refractivity contribution in [1.29, 1.82) is 0 Å². The van der Waals surface area contributed by atoms with Gasteiger partial charge in [-0.15, -0.1) is 11.3 Å². The molecule has 0 aliphatic carbocycles. The summed E-state index contributed by atoms with van der Waals surface area (Å²) in [5, 5.41) is 2.08. The molecule has 0 spiro atoms. The number of benzene rings is 1. The van der Waals surface area contributed by atoms with E-state index in [0.717, 1.165) is 18.6 Å². The van der Waals surface area contributed by atoms with Crippen molar-refractivity contribution in [2.24, 2.45) is 0 Å². The molecule has 2 amide bonds. The van der Waals surface area contributed by atoms with Crippen LogP contribution in [0.5, 0.6) is 5.75 Å². The van der Waals surface area contributed by atoms with Crippen molar-refractivity contribution in [2.45, 2.75) is 39.7 Å². The summed E-state index contributed by atoms with van der Waals surface area (Å²) in [6.45, 7) is 7.37. The third-order valence-corrected chi connectivity index (χ3v) is 6.11. The number of fused-ring (bicyclic) bond motifs is 1. The van der Waals surface area contributed by atoms with Crippen LogP contribution in [0.3, 0.4) is 0 Å². The molecular formula is C22H28N2O3S. The Morgan fingerprint density at radius 2 is 2.00 bits per heavy atom. The molecule has 0 saturated heterocycles. The molecule has 2 aromatic rings. The Bertz CT molecular complexity index is 815. The summed E-state index contributed by atoms with van der Waals surface area (Å²) in [5.41, 5.74) is 2.35. The second-order valence-corrected chi connectivity index (χ2v) is 8.22. The summed E-state index contributed by atoms with van der Waals surface area (Å²) in [5.74, 6) is 0.727. The average molecular weight is 401 g/mol. The van der Waals surface area contributed by atoms with Crippen LogP contribution in [-0.2, 0) is 16.0 Å². The monoisotopic (exact) mass is 400 g/mol. The summed E-state index contributed by atoms with van der Waals surface area (Å²) in [4.78, 5) is 29.8. The normalized spacial score (nSPS) is 15.8. The number of hydrogen-bond acceptors (Lipinski definition) is 4. The largest absolute Gasteiger partial charge is 0.491 e. The molecule has 5 nitrogen and oxygen atoms in total. The lowest BCUT2D eigenvalue weighted by molar-refractivity contribution is -0.141. The zero-order chi connectivity index (χ0) is 20.1. The quantitative estimate of drug-likeness (QED) is 0.710. The third-order valence-electron chi connectivity index (χ3n) is 5.11. The highest BCUT2D eigenvalue weighted by Crippen LogP contribution is 2.34. The molecular weight excluding hydrogens is 372 g/mol. The van der Waals surface area contributed by atoms with Crippen molar-refractivity contribution in [3.8, 4) is 5.75 Å². The zero-order valence-corrected chi connectivity index (χ0v) is 17.6. The molecule has 1 aliphatic heterocycles. The van der Waals surface area contributed by atoms with E-state index < -0.39 is 0 Å². The van der Waals surface area contributed by atoms with Gasteiger partial charge in [-0.3, -0.25) is 9.59 Å². The minimum atomic E-state index is -0.126. The predicted molar refractivity (Wildman–Crippen MR) is 112 cm³/mol. The van der Waals surface area contributed by atoms with Gasteiger partial charge in [-0.05, 0) is 48.9 Å². The van der Waals surface area contributed by atoms with Gasteiger partial charge in [0.1, 0.15) is 12.4 Å². The van der Waals surface area contributed by atoms with Crippen LogP contribution in [-0.4, -0.2) is 47.9 Å². The minimum absolute atomic E-state index is 0.0157. The van der Waals surface area contributed by atoms with Crippen molar-refractivity contribution in [3.05, 3.63) is 51.7 Å². The van der Waals surface area contributed by atoms with E-state index in [9.17, 15) is 9.59 Å². The molecule has 1 aliphatic rings. The predicted octanol–water partition coefficient (Wildman–Crippen LogP) is 3.82. The Kier molecular flexibility index (Phi) is 6.73. The standard InChI is InChI=1S/C22H28N2O3S/c1-4-11-23(17(3)25)14-22(26)24-12-9-21-19(10-13-28-21)20(24)15-27-18-7-5-16(2)6-8-18/h5-8,10,13,20H,4,9,11-12,14-15H2,1-3H3/t20-/m0/s1. The van der Waals surface area contributed by atoms with E-state index in [1.165, 1.54) is 22.9 Å². The highest BCUT2D eigenvalue weighted by atomic mass is 32.1. The molecule has 3 rings (SSSR count). The maximum absolute atomic E-state index is 13.1. The molecule has 0 radical (unpaired) electrons. The first-order valence-electron chi connectivity index (χ1n) is 9.80. The summed E-state index contributed by atoms with van der Waals surface area (Å²) in [6, 6.07) is 9.92. The summed E-state index contributed by atoms with van der Waals surface area (Å²) >= 11 is 1.74. The lowest BCUT2D eigenvalue weighted by Crippen LogP contribution is -2.47. The lowest BCUT2D eigenvalue weighted by Gasteiger charge is -2.37. The van der Waals surface area contributed by atoms with E-state index >= 15 is 0 Å². The van der Waals surface area contributed by atoms with E-state index in [1.54, 1.807) is 16.2 Å². The number of amides is 2. The fourth-order valence-corrected chi connectivity index (χ4v) is 4.48. The van der Waals surface area contributed by atoms with Gasteiger partial charge in [0, 0.05) is 24.9 Å². The fourth-order valence-electron chi connectivity index (χ4n) is 3.56. The van der Waals surface area contributed by atoms with Gasteiger partial charge < -0.3 is 14.5 Å². The van der Waals surface area contributed by atoms with E-state index in [2.05, 4.69) is 11.4 Å². The van der Waals surface area contributed by atoms with E-state index in [1.807, 2.05) is 43.0 Å². The molecule has 0 saturated carbocycles. The number of hydrogen-bond donors (Lipinski definition) is 0. The summed E-state index contributed by atoms with van der Waals surface area (Å²) in [7, 11) is 0. The number of carbonyl (C=O) groups excluding carboxylic acids is 2. The van der Waals surface area contributed by atoms with Crippen LogP contribution < -0.4 is 4.74 Å². The van der Waals surface area contributed by atoms with Crippen LogP contribution in [0.1, 0.15) is 42.3 Å². The van der Waals surface area contributed by atoms with E-state index in [0.29, 0.717) is 19.7 Å². The maximum atomic E-state index is 13.1. The first-order valence-corrected chi connectivity index (χ1v) is 10.7. The first-order chi connectivity index (χ1) is 13.5. The molecule has 150 valence electrons. The van der Waals surface area contributed by atoms with Crippen molar-refractivity contribution in [3.63, 3.8) is 0 Å². The van der Waals surface area contributed by atoms with E-state index in [-0.39, 0.29) is 24.4 Å². The van der Waals surface area contributed by atoms with Gasteiger partial charge in [-0.1, -0.05) is 24.6 Å². The van der Waals surface area contributed by atoms with Gasteiger partial charge in [-0.2, -0.15) is 0 Å². The van der Waals surface area contributed by atoms with Gasteiger partial charge in [0.25, 0.3) is 0 Å². The van der Waals surface area contributed by atoms with Crippen molar-refractivity contribution < 1.29 is 14.3 Å². The Labute approximate surface area is 170 Å². The van der Waals surface area contributed by atoms with Crippen molar-refractivity contribution in [1.82, 2.24) is 9.80 Å². The number of ether oxygens (including phenoxy) is 1. The van der Waals surface area contributed by atoms with Crippen LogP contribution >= 0.6 is 11.3 Å². The van der Waals surface area contributed by atoms with Crippen molar-refractivity contribution >= 4 is 23.2 Å². The molecule has 0 unspecified atom stereocenters. The summed E-state index contributed by atoms with van der Waals surface area (Å²) in [6.07, 6.45) is 1.69. The Morgan fingerprint density at radius 3 is 2.68 bits per heavy atom. The van der Waals surface area contributed by atoms with Gasteiger partial charge in [0.2, 0.25) is 11.8 Å². The Morgan fingerprint density at radius 1 is 1.25 bits per heavy atom. The van der Waals surface area contributed by atoms with Crippen LogP contribution in [0.2, 0.25) is 0 Å². The molecule has 28 heavy (non-hydrogen) atoms. The van der Waals surface area contributed by atoms with E-state index in [4.69, 9.17) is 4.74 Å². The van der Waals surface area contributed by atoms with Gasteiger partial charge in [-0.25, -0.2) is 0 Å². The summed E-state index contributed by atoms with van der Waals surface area (Å²) < 4.78 is 6.04. The SMILES string of the molecule is CCCN(CC(=O)N1CCc2sccc2[C@@H]1COc1ccc(C)cc1)C(C)=O. The number of carbonyl (C=O) groups is 2. The number of rotatable bonds is 7. The number of nitrogens with zero attached hydrogens (tertiary/aromatic N) is 2. The lowest BCUT2D eigenvalue weighted by atomic mass is 10.0. The second-order valence-electron chi connectivity index (χ2n) is 7.22. The highest BCUT2D eigenvalue weighted by Gasteiger charge is 2.33. The molecule has 1 aromatic heterocycles. The van der Waals surface area contributed by atoms with Crippen LogP contribution in [0.25, 0.3) is 0 Å². The van der Waals surface area contributed by atoms with Gasteiger partial charge in [0.15, 0.2) is 0 Å². The maximum Gasteiger partial charge on any atom is 0.242 e. The smallest absolute Gasteiger partial charge is 0.242 e. The molecule has 0 bridgehead atoms. The molecule has 0 N–H and O–H groups in total. The zero-order valence-electron chi connectivity index (χ0n) is 16.8. The van der Waals surface area contributed by atoms with Crippen LogP contribution in [0.15, 0.2) is 35.7 Å². The minimum Gasteiger partial charge on any atom is -0.491 e. The average Bonchev–Trinajstić information content (AvgIpc) is 3.15. The van der Waals surface area contributed by atoms with Gasteiger partial charge >= 0.3 is 0 Å². The molecule has 2 heterocycles. The number of aryl methyl sites for hydroxylation is 1. The molecule has 1 atom stereocenters.